The first kappa shape index (κ1) is 19.1. The van der Waals surface area contributed by atoms with Gasteiger partial charge in [-0.1, -0.05) is 48.5 Å². The Labute approximate surface area is 171 Å². The Morgan fingerprint density at radius 1 is 0.615 bits per heavy atom. The summed E-state index contributed by atoms with van der Waals surface area (Å²) in [6, 6.07) is 16.3. The molecule has 4 aromatic rings. The van der Waals surface area contributed by atoms with E-state index in [9.17, 15) is 0 Å². The molecule has 0 radical (unpaired) electrons. The number of hydrogen-bond donors (Lipinski definition) is 0. The summed E-state index contributed by atoms with van der Waals surface area (Å²) in [5.74, 6) is 1.14. The lowest BCUT2D eigenvalue weighted by atomic mass is 10.2. The van der Waals surface area contributed by atoms with Crippen molar-refractivity contribution in [2.45, 2.75) is 11.8 Å². The van der Waals surface area contributed by atoms with E-state index in [1.165, 1.54) is 0 Å². The van der Waals surface area contributed by atoms with Crippen molar-refractivity contribution in [3.8, 4) is 21.1 Å². The highest BCUT2D eigenvalue weighted by Crippen LogP contribution is 2.23. The summed E-state index contributed by atoms with van der Waals surface area (Å²) >= 11 is 14.7. The van der Waals surface area contributed by atoms with Crippen LogP contribution in [0, 0.1) is 0 Å². The van der Waals surface area contributed by atoms with Gasteiger partial charge < -0.3 is 0 Å². The Hall–Kier alpha value is -1.72. The summed E-state index contributed by atoms with van der Waals surface area (Å²) in [7, 11) is 0. The van der Waals surface area contributed by atoms with Crippen LogP contribution in [-0.4, -0.2) is 9.97 Å². The van der Waals surface area contributed by atoms with Crippen LogP contribution in [-0.2, 0) is 11.8 Å². The lowest BCUT2D eigenvalue weighted by Gasteiger charge is -1.97. The number of alkyl halides is 2. The molecule has 0 amide bonds. The minimum absolute atomic E-state index is 0.568. The van der Waals surface area contributed by atoms with Crippen molar-refractivity contribution >= 4 is 45.9 Å². The van der Waals surface area contributed by atoms with Gasteiger partial charge in [-0.05, 0) is 11.1 Å². The van der Waals surface area contributed by atoms with Crippen molar-refractivity contribution < 1.29 is 0 Å². The molecule has 0 atom stereocenters. The zero-order valence-corrected chi connectivity index (χ0v) is 17.0. The second kappa shape index (κ2) is 9.83. The van der Waals surface area contributed by atoms with Crippen LogP contribution in [0.3, 0.4) is 0 Å². The van der Waals surface area contributed by atoms with Gasteiger partial charge in [0.1, 0.15) is 10.0 Å². The van der Waals surface area contributed by atoms with Gasteiger partial charge in [0.25, 0.3) is 0 Å². The first-order chi connectivity index (χ1) is 12.8. The van der Waals surface area contributed by atoms with Gasteiger partial charge in [-0.25, -0.2) is 9.97 Å². The Balaban J connectivity index is 0.000000151. The van der Waals surface area contributed by atoms with Gasteiger partial charge in [-0.15, -0.1) is 45.9 Å². The van der Waals surface area contributed by atoms with Crippen LogP contribution in [0.1, 0.15) is 11.1 Å². The normalized spacial score (nSPS) is 10.2. The molecule has 0 saturated heterocycles. The Kier molecular flexibility index (Phi) is 7.21. The van der Waals surface area contributed by atoms with Crippen molar-refractivity contribution in [3.05, 3.63) is 82.8 Å². The molecule has 132 valence electrons. The highest BCUT2D eigenvalue weighted by atomic mass is 35.5. The van der Waals surface area contributed by atoms with Crippen LogP contribution in [0.4, 0.5) is 0 Å². The topological polar surface area (TPSA) is 25.8 Å². The number of hydrogen-bond acceptors (Lipinski definition) is 4. The molecule has 4 rings (SSSR count). The van der Waals surface area contributed by atoms with Crippen molar-refractivity contribution in [2.75, 3.05) is 0 Å². The third-order valence-electron chi connectivity index (χ3n) is 3.58. The van der Waals surface area contributed by atoms with Crippen molar-refractivity contribution in [2.24, 2.45) is 0 Å². The van der Waals surface area contributed by atoms with Crippen LogP contribution >= 0.6 is 45.9 Å². The van der Waals surface area contributed by atoms with Crippen LogP contribution in [0.15, 0.2) is 71.7 Å². The fraction of sp³-hybridized carbons (Fsp3) is 0.100. The predicted molar refractivity (Wildman–Crippen MR) is 114 cm³/mol. The number of thiazole rings is 2. The monoisotopic (exact) mass is 418 g/mol. The van der Waals surface area contributed by atoms with E-state index in [0.717, 1.165) is 32.3 Å². The van der Waals surface area contributed by atoms with Gasteiger partial charge in [0.05, 0.1) is 0 Å². The standard InChI is InChI=1S/2C10H8ClNS/c2*11-7-8-1-3-9(4-2-8)10-12-5-6-13-10/h2*1-6H,7H2. The zero-order valence-electron chi connectivity index (χ0n) is 13.8. The molecule has 0 bridgehead atoms. The molecule has 0 unspecified atom stereocenters. The van der Waals surface area contributed by atoms with Gasteiger partial charge >= 0.3 is 0 Å². The SMILES string of the molecule is ClCc1ccc(-c2nccs2)cc1.ClCc1ccc(-c2nccs2)cc1. The Morgan fingerprint density at radius 3 is 1.27 bits per heavy atom. The maximum Gasteiger partial charge on any atom is 0.123 e. The highest BCUT2D eigenvalue weighted by Gasteiger charge is 1.99. The van der Waals surface area contributed by atoms with E-state index in [1.807, 2.05) is 47.4 Å². The minimum Gasteiger partial charge on any atom is -0.245 e. The van der Waals surface area contributed by atoms with Crippen LogP contribution < -0.4 is 0 Å². The number of halogens is 2. The van der Waals surface area contributed by atoms with E-state index in [2.05, 4.69) is 34.2 Å². The van der Waals surface area contributed by atoms with Gasteiger partial charge in [-0.2, -0.15) is 0 Å². The quantitative estimate of drug-likeness (QED) is 0.330. The zero-order chi connectivity index (χ0) is 18.2. The highest BCUT2D eigenvalue weighted by molar-refractivity contribution is 7.13. The molecule has 0 N–H and O–H groups in total. The van der Waals surface area contributed by atoms with E-state index in [4.69, 9.17) is 23.2 Å². The molecule has 0 saturated carbocycles. The summed E-state index contributed by atoms with van der Waals surface area (Å²) in [4.78, 5) is 8.46. The molecule has 6 heteroatoms. The molecule has 2 aromatic heterocycles. The molecule has 0 fully saturated rings. The molecule has 0 spiro atoms. The maximum atomic E-state index is 5.69. The van der Waals surface area contributed by atoms with E-state index in [1.54, 1.807) is 22.7 Å². The Morgan fingerprint density at radius 2 is 1.00 bits per heavy atom. The van der Waals surface area contributed by atoms with E-state index in [0.29, 0.717) is 11.8 Å². The minimum atomic E-state index is 0.568. The average Bonchev–Trinajstić information content (AvgIpc) is 3.43. The average molecular weight is 419 g/mol. The smallest absolute Gasteiger partial charge is 0.123 e. The van der Waals surface area contributed by atoms with Crippen molar-refractivity contribution in [3.63, 3.8) is 0 Å². The molecule has 2 nitrogen and oxygen atoms in total. The maximum absolute atomic E-state index is 5.69. The molecule has 26 heavy (non-hydrogen) atoms. The first-order valence-electron chi connectivity index (χ1n) is 7.89. The number of benzene rings is 2. The molecule has 2 aromatic carbocycles. The third-order valence-corrected chi connectivity index (χ3v) is 5.84. The van der Waals surface area contributed by atoms with E-state index in [-0.39, 0.29) is 0 Å². The van der Waals surface area contributed by atoms with E-state index < -0.39 is 0 Å². The second-order valence-electron chi connectivity index (χ2n) is 5.34. The van der Waals surface area contributed by atoms with Crippen LogP contribution in [0.25, 0.3) is 21.1 Å². The fourth-order valence-corrected chi connectivity index (χ4v) is 3.85. The number of aromatic nitrogens is 2. The molecular formula is C20H16Cl2N2S2. The van der Waals surface area contributed by atoms with Crippen molar-refractivity contribution in [1.82, 2.24) is 9.97 Å². The summed E-state index contributed by atoms with van der Waals surface area (Å²) in [6.45, 7) is 0. The molecule has 0 aliphatic rings. The lowest BCUT2D eigenvalue weighted by Crippen LogP contribution is -1.78. The summed E-state index contributed by atoms with van der Waals surface area (Å²) in [6.07, 6.45) is 3.63. The largest absolute Gasteiger partial charge is 0.245 e. The lowest BCUT2D eigenvalue weighted by molar-refractivity contribution is 1.38. The van der Waals surface area contributed by atoms with E-state index >= 15 is 0 Å². The van der Waals surface area contributed by atoms with Crippen molar-refractivity contribution in [1.29, 1.82) is 0 Å². The third kappa shape index (κ3) is 5.15. The molecule has 2 heterocycles. The molecular weight excluding hydrogens is 403 g/mol. The van der Waals surface area contributed by atoms with Crippen LogP contribution in [0.2, 0.25) is 0 Å². The van der Waals surface area contributed by atoms with Gasteiger partial charge in [0.2, 0.25) is 0 Å². The summed E-state index contributed by atoms with van der Waals surface area (Å²) in [5.41, 5.74) is 4.59. The predicted octanol–water partition coefficient (Wildman–Crippen LogP) is 7.10. The van der Waals surface area contributed by atoms with Gasteiger partial charge in [-0.3, -0.25) is 0 Å². The van der Waals surface area contributed by atoms with Gasteiger partial charge in [0, 0.05) is 46.0 Å². The summed E-state index contributed by atoms with van der Waals surface area (Å²) in [5, 5.41) is 6.07. The summed E-state index contributed by atoms with van der Waals surface area (Å²) < 4.78 is 0. The van der Waals surface area contributed by atoms with Crippen LogP contribution in [0.5, 0.6) is 0 Å². The first-order valence-corrected chi connectivity index (χ1v) is 10.7. The van der Waals surface area contributed by atoms with Gasteiger partial charge in [0.15, 0.2) is 0 Å². The number of rotatable bonds is 4. The molecule has 0 aliphatic heterocycles. The second-order valence-corrected chi connectivity index (χ2v) is 7.66. The fourth-order valence-electron chi connectivity index (χ4n) is 2.20. The Bertz CT molecular complexity index is 810. The molecule has 0 aliphatic carbocycles. The number of nitrogens with zero attached hydrogens (tertiary/aromatic N) is 2.